The number of hydrogen-bond donors (Lipinski definition) is 1. The summed E-state index contributed by atoms with van der Waals surface area (Å²) in [5.41, 5.74) is 5.82. The molecule has 1 aromatic rings. The standard InChI is InChI=1S/C9H11N3OS2/c10-4-7-8(11)12(9(14)15-7)5-6-2-1-3-13-6/h6H,1-3,5,11H2. The highest BCUT2D eigenvalue weighted by atomic mass is 32.1. The lowest BCUT2D eigenvalue weighted by atomic mass is 10.2. The number of nitrogen functional groups attached to an aromatic ring is 1. The molecule has 15 heavy (non-hydrogen) atoms. The van der Waals surface area contributed by atoms with Gasteiger partial charge in [0.05, 0.1) is 12.6 Å². The maximum atomic E-state index is 8.81. The summed E-state index contributed by atoms with van der Waals surface area (Å²) in [6.07, 6.45) is 2.33. The first-order valence-electron chi connectivity index (χ1n) is 4.73. The van der Waals surface area contributed by atoms with Crippen molar-refractivity contribution in [2.45, 2.75) is 25.5 Å². The van der Waals surface area contributed by atoms with Crippen LogP contribution in [0, 0.1) is 15.3 Å². The van der Waals surface area contributed by atoms with Crippen molar-refractivity contribution in [3.63, 3.8) is 0 Å². The van der Waals surface area contributed by atoms with Crippen molar-refractivity contribution in [1.29, 1.82) is 5.26 Å². The molecule has 0 bridgehead atoms. The van der Waals surface area contributed by atoms with Gasteiger partial charge >= 0.3 is 0 Å². The molecule has 1 atom stereocenters. The van der Waals surface area contributed by atoms with Gasteiger partial charge in [-0.1, -0.05) is 11.3 Å². The minimum Gasteiger partial charge on any atom is -0.383 e. The van der Waals surface area contributed by atoms with Gasteiger partial charge in [-0.2, -0.15) is 5.26 Å². The molecule has 0 aliphatic carbocycles. The molecule has 2 N–H and O–H groups in total. The summed E-state index contributed by atoms with van der Waals surface area (Å²) < 4.78 is 7.96. The SMILES string of the molecule is N#Cc1sc(=S)n(CC2CCCO2)c1N. The van der Waals surface area contributed by atoms with Crippen LogP contribution in [0.3, 0.4) is 0 Å². The molecular formula is C9H11N3OS2. The van der Waals surface area contributed by atoms with Crippen LogP contribution >= 0.6 is 23.6 Å². The van der Waals surface area contributed by atoms with Crippen LogP contribution in [0.1, 0.15) is 17.7 Å². The predicted octanol–water partition coefficient (Wildman–Crippen LogP) is 1.91. The molecule has 0 radical (unpaired) electrons. The Morgan fingerprint density at radius 1 is 1.73 bits per heavy atom. The summed E-state index contributed by atoms with van der Waals surface area (Å²) in [5, 5.41) is 8.81. The summed E-state index contributed by atoms with van der Waals surface area (Å²) in [6, 6.07) is 2.05. The fraction of sp³-hybridized carbons (Fsp3) is 0.556. The van der Waals surface area contributed by atoms with E-state index in [1.165, 1.54) is 11.3 Å². The molecule has 1 aliphatic rings. The topological polar surface area (TPSA) is 64.0 Å². The van der Waals surface area contributed by atoms with Gasteiger partial charge in [0.25, 0.3) is 0 Å². The fourth-order valence-electron chi connectivity index (χ4n) is 1.66. The van der Waals surface area contributed by atoms with E-state index in [4.69, 9.17) is 28.0 Å². The van der Waals surface area contributed by atoms with Crippen molar-refractivity contribution in [3.8, 4) is 6.07 Å². The van der Waals surface area contributed by atoms with Gasteiger partial charge in [0.15, 0.2) is 3.95 Å². The zero-order valence-electron chi connectivity index (χ0n) is 8.10. The van der Waals surface area contributed by atoms with Crippen molar-refractivity contribution < 1.29 is 4.74 Å². The number of rotatable bonds is 2. The number of nitrogens with zero attached hydrogens (tertiary/aromatic N) is 2. The molecule has 0 saturated carbocycles. The quantitative estimate of drug-likeness (QED) is 0.803. The van der Waals surface area contributed by atoms with Crippen molar-refractivity contribution in [2.75, 3.05) is 12.3 Å². The maximum absolute atomic E-state index is 8.81. The molecule has 0 amide bonds. The molecule has 1 unspecified atom stereocenters. The van der Waals surface area contributed by atoms with Gasteiger partial charge < -0.3 is 15.0 Å². The fourth-order valence-corrected chi connectivity index (χ4v) is 2.80. The summed E-state index contributed by atoms with van der Waals surface area (Å²) in [7, 11) is 0. The smallest absolute Gasteiger partial charge is 0.164 e. The molecular weight excluding hydrogens is 230 g/mol. The number of ether oxygens (including phenoxy) is 1. The van der Waals surface area contributed by atoms with E-state index in [0.29, 0.717) is 21.2 Å². The van der Waals surface area contributed by atoms with Crippen LogP contribution in [0.25, 0.3) is 0 Å². The number of aromatic nitrogens is 1. The Labute approximate surface area is 96.9 Å². The number of thiazole rings is 1. The van der Waals surface area contributed by atoms with Crippen molar-refractivity contribution in [3.05, 3.63) is 8.83 Å². The van der Waals surface area contributed by atoms with E-state index in [1.54, 1.807) is 4.57 Å². The summed E-state index contributed by atoms with van der Waals surface area (Å²) in [6.45, 7) is 1.48. The van der Waals surface area contributed by atoms with E-state index in [0.717, 1.165) is 19.4 Å². The number of nitrogens with two attached hydrogens (primary N) is 1. The van der Waals surface area contributed by atoms with E-state index >= 15 is 0 Å². The Kier molecular flexibility index (Phi) is 3.05. The van der Waals surface area contributed by atoms with Crippen LogP contribution in [0.5, 0.6) is 0 Å². The normalized spacial score (nSPS) is 20.3. The zero-order valence-corrected chi connectivity index (χ0v) is 9.74. The second-order valence-electron chi connectivity index (χ2n) is 3.44. The Morgan fingerprint density at radius 3 is 3.07 bits per heavy atom. The number of hydrogen-bond acceptors (Lipinski definition) is 5. The van der Waals surface area contributed by atoms with Crippen LogP contribution in [-0.2, 0) is 11.3 Å². The average molecular weight is 241 g/mol. The maximum Gasteiger partial charge on any atom is 0.164 e. The molecule has 80 valence electrons. The second-order valence-corrected chi connectivity index (χ2v) is 5.08. The van der Waals surface area contributed by atoms with Crippen LogP contribution < -0.4 is 5.73 Å². The van der Waals surface area contributed by atoms with Gasteiger partial charge in [-0.15, -0.1) is 0 Å². The van der Waals surface area contributed by atoms with Gasteiger partial charge in [-0.25, -0.2) is 0 Å². The average Bonchev–Trinajstić information content (AvgIpc) is 2.81. The van der Waals surface area contributed by atoms with Gasteiger partial charge in [0.2, 0.25) is 0 Å². The third-order valence-corrected chi connectivity index (χ3v) is 3.81. The summed E-state index contributed by atoms with van der Waals surface area (Å²) in [4.78, 5) is 0.498. The van der Waals surface area contributed by atoms with E-state index in [1.807, 2.05) is 6.07 Å². The molecule has 1 aliphatic heterocycles. The molecule has 1 aromatic heterocycles. The van der Waals surface area contributed by atoms with Crippen LogP contribution in [0.2, 0.25) is 0 Å². The van der Waals surface area contributed by atoms with E-state index in [2.05, 4.69) is 0 Å². The molecule has 1 fully saturated rings. The molecule has 1 saturated heterocycles. The lowest BCUT2D eigenvalue weighted by molar-refractivity contribution is 0.0974. The molecule has 2 rings (SSSR count). The van der Waals surface area contributed by atoms with Crippen molar-refractivity contribution in [1.82, 2.24) is 4.57 Å². The third-order valence-electron chi connectivity index (χ3n) is 2.44. The minimum atomic E-state index is 0.195. The van der Waals surface area contributed by atoms with Gasteiger partial charge in [0.1, 0.15) is 16.8 Å². The molecule has 2 heterocycles. The van der Waals surface area contributed by atoms with Gasteiger partial charge in [0, 0.05) is 6.61 Å². The largest absolute Gasteiger partial charge is 0.383 e. The van der Waals surface area contributed by atoms with Crippen molar-refractivity contribution >= 4 is 29.4 Å². The lowest BCUT2D eigenvalue weighted by Gasteiger charge is -2.11. The van der Waals surface area contributed by atoms with E-state index in [-0.39, 0.29) is 6.10 Å². The highest BCUT2D eigenvalue weighted by Crippen LogP contribution is 2.23. The second kappa shape index (κ2) is 4.31. The summed E-state index contributed by atoms with van der Waals surface area (Å²) in [5.74, 6) is 0.475. The predicted molar refractivity (Wildman–Crippen MR) is 61.2 cm³/mol. The first kappa shape index (κ1) is 10.6. The first-order chi connectivity index (χ1) is 7.22. The Balaban J connectivity index is 2.24. The highest BCUT2D eigenvalue weighted by Gasteiger charge is 2.18. The zero-order chi connectivity index (χ0) is 10.8. The third kappa shape index (κ3) is 2.04. The Morgan fingerprint density at radius 2 is 2.53 bits per heavy atom. The van der Waals surface area contributed by atoms with Crippen molar-refractivity contribution in [2.24, 2.45) is 0 Å². The van der Waals surface area contributed by atoms with Gasteiger partial charge in [-0.3, -0.25) is 0 Å². The van der Waals surface area contributed by atoms with Crippen LogP contribution in [-0.4, -0.2) is 17.3 Å². The number of anilines is 1. The monoisotopic (exact) mass is 241 g/mol. The minimum absolute atomic E-state index is 0.195. The lowest BCUT2D eigenvalue weighted by Crippen LogP contribution is -2.16. The van der Waals surface area contributed by atoms with Crippen LogP contribution in [0.4, 0.5) is 5.82 Å². The molecule has 4 nitrogen and oxygen atoms in total. The molecule has 0 spiro atoms. The van der Waals surface area contributed by atoms with E-state index in [9.17, 15) is 0 Å². The van der Waals surface area contributed by atoms with E-state index < -0.39 is 0 Å². The Hall–Kier alpha value is -0.900. The number of nitriles is 1. The highest BCUT2D eigenvalue weighted by molar-refractivity contribution is 7.73. The summed E-state index contributed by atoms with van der Waals surface area (Å²) >= 11 is 6.42. The Bertz CT molecular complexity index is 451. The first-order valence-corrected chi connectivity index (χ1v) is 5.95. The molecule has 6 heteroatoms. The molecule has 0 aromatic carbocycles. The van der Waals surface area contributed by atoms with Crippen LogP contribution in [0.15, 0.2) is 0 Å². The van der Waals surface area contributed by atoms with Gasteiger partial charge in [-0.05, 0) is 25.1 Å².